The number of halogens is 2. The lowest BCUT2D eigenvalue weighted by molar-refractivity contribution is 0.426. The van der Waals surface area contributed by atoms with Gasteiger partial charge in [-0.15, -0.1) is 0 Å². The minimum Gasteiger partial charge on any atom is -0.423 e. The van der Waals surface area contributed by atoms with Crippen molar-refractivity contribution in [1.29, 1.82) is 0 Å². The lowest BCUT2D eigenvalue weighted by Gasteiger charge is -2.07. The molecule has 0 radical (unpaired) electrons. The van der Waals surface area contributed by atoms with Gasteiger partial charge in [0.25, 0.3) is 0 Å². The fraction of sp³-hybridized carbons (Fsp3) is 0.250. The van der Waals surface area contributed by atoms with Crippen LogP contribution in [0.3, 0.4) is 0 Å². The third-order valence-corrected chi connectivity index (χ3v) is 2.50. The first-order valence-electron chi connectivity index (χ1n) is 3.90. The van der Waals surface area contributed by atoms with Crippen molar-refractivity contribution in [3.63, 3.8) is 0 Å². The van der Waals surface area contributed by atoms with E-state index < -0.39 is 7.12 Å². The first-order chi connectivity index (χ1) is 6.06. The molecule has 0 unspecified atom stereocenters. The van der Waals surface area contributed by atoms with Gasteiger partial charge in [-0.1, -0.05) is 36.2 Å². The van der Waals surface area contributed by atoms with Gasteiger partial charge in [0.2, 0.25) is 0 Å². The second kappa shape index (κ2) is 4.33. The van der Waals surface area contributed by atoms with Crippen molar-refractivity contribution < 1.29 is 10.0 Å². The Balaban J connectivity index is 3.22. The highest BCUT2D eigenvalue weighted by Gasteiger charge is 2.16. The molecular formula is C8H9BCl2O2. The summed E-state index contributed by atoms with van der Waals surface area (Å²) in [6.07, 6.45) is 0.732. The van der Waals surface area contributed by atoms with Gasteiger partial charge in [-0.3, -0.25) is 0 Å². The van der Waals surface area contributed by atoms with E-state index in [0.717, 1.165) is 12.0 Å². The fourth-order valence-corrected chi connectivity index (χ4v) is 1.70. The lowest BCUT2D eigenvalue weighted by Crippen LogP contribution is -2.31. The Bertz CT molecular complexity index is 315. The zero-order chi connectivity index (χ0) is 10.0. The van der Waals surface area contributed by atoms with Gasteiger partial charge >= 0.3 is 7.12 Å². The van der Waals surface area contributed by atoms with E-state index >= 15 is 0 Å². The average Bonchev–Trinajstić information content (AvgIpc) is 2.03. The lowest BCUT2D eigenvalue weighted by atomic mass is 9.79. The van der Waals surface area contributed by atoms with Gasteiger partial charge in [0.1, 0.15) is 0 Å². The number of hydrogen-bond donors (Lipinski definition) is 2. The van der Waals surface area contributed by atoms with Crippen molar-refractivity contribution in [3.8, 4) is 0 Å². The molecule has 0 aliphatic heterocycles. The predicted molar refractivity (Wildman–Crippen MR) is 55.7 cm³/mol. The highest BCUT2D eigenvalue weighted by molar-refractivity contribution is 6.63. The standard InChI is InChI=1S/C8H9BCl2O2/c1-2-5-3-6(9(12)13)8(11)4-7(5)10/h3-4,12-13H,2H2,1H3. The Kier molecular flexibility index (Phi) is 3.62. The number of rotatable bonds is 2. The molecule has 5 heteroatoms. The maximum atomic E-state index is 8.94. The fourth-order valence-electron chi connectivity index (χ4n) is 1.08. The zero-order valence-electron chi connectivity index (χ0n) is 7.09. The summed E-state index contributed by atoms with van der Waals surface area (Å²) in [4.78, 5) is 0. The van der Waals surface area contributed by atoms with Crippen LogP contribution in [0.4, 0.5) is 0 Å². The van der Waals surface area contributed by atoms with Gasteiger partial charge in [0.05, 0.1) is 0 Å². The van der Waals surface area contributed by atoms with Gasteiger partial charge < -0.3 is 10.0 Å². The summed E-state index contributed by atoms with van der Waals surface area (Å²) in [6, 6.07) is 3.13. The molecular weight excluding hydrogens is 210 g/mol. The van der Waals surface area contributed by atoms with Gasteiger partial charge in [-0.05, 0) is 18.1 Å². The van der Waals surface area contributed by atoms with Crippen molar-refractivity contribution >= 4 is 35.8 Å². The van der Waals surface area contributed by atoms with Crippen molar-refractivity contribution in [1.82, 2.24) is 0 Å². The summed E-state index contributed by atoms with van der Waals surface area (Å²) >= 11 is 11.6. The molecule has 0 heterocycles. The smallest absolute Gasteiger partial charge is 0.423 e. The monoisotopic (exact) mass is 218 g/mol. The van der Waals surface area contributed by atoms with Crippen LogP contribution in [0.15, 0.2) is 12.1 Å². The summed E-state index contributed by atoms with van der Waals surface area (Å²) < 4.78 is 0. The molecule has 0 saturated heterocycles. The zero-order valence-corrected chi connectivity index (χ0v) is 8.60. The Morgan fingerprint density at radius 1 is 1.23 bits per heavy atom. The maximum absolute atomic E-state index is 8.94. The van der Waals surface area contributed by atoms with Gasteiger partial charge in [-0.2, -0.15) is 0 Å². The Morgan fingerprint density at radius 3 is 2.31 bits per heavy atom. The molecule has 0 aliphatic rings. The SMILES string of the molecule is CCc1cc(B(O)O)c(Cl)cc1Cl. The normalized spacial score (nSPS) is 10.2. The summed E-state index contributed by atoms with van der Waals surface area (Å²) in [5.41, 5.74) is 1.15. The molecule has 0 amide bonds. The minimum atomic E-state index is -1.55. The van der Waals surface area contributed by atoms with Crippen LogP contribution >= 0.6 is 23.2 Å². The minimum absolute atomic E-state index is 0.275. The third-order valence-electron chi connectivity index (χ3n) is 1.82. The van der Waals surface area contributed by atoms with Crippen LogP contribution in [-0.2, 0) is 6.42 Å². The van der Waals surface area contributed by atoms with E-state index in [4.69, 9.17) is 33.2 Å². The summed E-state index contributed by atoms with van der Waals surface area (Å²) in [5.74, 6) is 0. The highest BCUT2D eigenvalue weighted by atomic mass is 35.5. The summed E-state index contributed by atoms with van der Waals surface area (Å²) in [5, 5.41) is 18.7. The van der Waals surface area contributed by atoms with Crippen molar-refractivity contribution in [2.75, 3.05) is 0 Å². The van der Waals surface area contributed by atoms with Crippen molar-refractivity contribution in [3.05, 3.63) is 27.7 Å². The molecule has 2 nitrogen and oxygen atoms in total. The van der Waals surface area contributed by atoms with E-state index in [1.54, 1.807) is 6.07 Å². The van der Waals surface area contributed by atoms with Gasteiger partial charge in [0.15, 0.2) is 0 Å². The maximum Gasteiger partial charge on any atom is 0.489 e. The molecule has 0 aromatic heterocycles. The molecule has 1 aromatic carbocycles. The Labute approximate surface area is 87.2 Å². The first-order valence-corrected chi connectivity index (χ1v) is 4.65. The quantitative estimate of drug-likeness (QED) is 0.734. The number of hydrogen-bond acceptors (Lipinski definition) is 2. The second-order valence-electron chi connectivity index (χ2n) is 2.69. The largest absolute Gasteiger partial charge is 0.489 e. The molecule has 0 bridgehead atoms. The average molecular weight is 219 g/mol. The van der Waals surface area contributed by atoms with Crippen LogP contribution in [0.5, 0.6) is 0 Å². The van der Waals surface area contributed by atoms with E-state index in [1.165, 1.54) is 6.07 Å². The Morgan fingerprint density at radius 2 is 1.85 bits per heavy atom. The van der Waals surface area contributed by atoms with Gasteiger partial charge in [0, 0.05) is 15.5 Å². The topological polar surface area (TPSA) is 40.5 Å². The first kappa shape index (κ1) is 10.9. The summed E-state index contributed by atoms with van der Waals surface area (Å²) in [7, 11) is -1.55. The summed E-state index contributed by atoms with van der Waals surface area (Å²) in [6.45, 7) is 1.93. The van der Waals surface area contributed by atoms with E-state index in [1.807, 2.05) is 6.92 Å². The Hall–Kier alpha value is -0.215. The molecule has 0 spiro atoms. The van der Waals surface area contributed by atoms with E-state index in [-0.39, 0.29) is 5.02 Å². The van der Waals surface area contributed by atoms with Crippen LogP contribution in [-0.4, -0.2) is 17.2 Å². The molecule has 0 fully saturated rings. The molecule has 0 aliphatic carbocycles. The van der Waals surface area contributed by atoms with Crippen LogP contribution < -0.4 is 5.46 Å². The van der Waals surface area contributed by atoms with E-state index in [9.17, 15) is 0 Å². The molecule has 1 aromatic rings. The van der Waals surface area contributed by atoms with E-state index in [0.29, 0.717) is 10.5 Å². The molecule has 2 N–H and O–H groups in total. The van der Waals surface area contributed by atoms with Crippen LogP contribution in [0.25, 0.3) is 0 Å². The van der Waals surface area contributed by atoms with Crippen LogP contribution in [0.1, 0.15) is 12.5 Å². The molecule has 1 rings (SSSR count). The highest BCUT2D eigenvalue weighted by Crippen LogP contribution is 2.20. The van der Waals surface area contributed by atoms with Crippen molar-refractivity contribution in [2.45, 2.75) is 13.3 Å². The van der Waals surface area contributed by atoms with Crippen LogP contribution in [0, 0.1) is 0 Å². The molecule has 0 saturated carbocycles. The second-order valence-corrected chi connectivity index (χ2v) is 3.51. The molecule has 70 valence electrons. The third kappa shape index (κ3) is 2.38. The predicted octanol–water partition coefficient (Wildman–Crippen LogP) is 1.24. The van der Waals surface area contributed by atoms with Crippen molar-refractivity contribution in [2.24, 2.45) is 0 Å². The van der Waals surface area contributed by atoms with E-state index in [2.05, 4.69) is 0 Å². The number of aryl methyl sites for hydroxylation is 1. The molecule has 13 heavy (non-hydrogen) atoms. The molecule has 0 atom stereocenters. The van der Waals surface area contributed by atoms with Crippen LogP contribution in [0.2, 0.25) is 10.0 Å². The van der Waals surface area contributed by atoms with Gasteiger partial charge in [-0.25, -0.2) is 0 Å². The number of benzene rings is 1.